The monoisotopic (exact) mass is 336 g/mol. The first kappa shape index (κ1) is 14.2. The van der Waals surface area contributed by atoms with E-state index in [0.29, 0.717) is 17.2 Å². The lowest BCUT2D eigenvalue weighted by Gasteiger charge is -2.13. The van der Waals surface area contributed by atoms with Gasteiger partial charge in [-0.25, -0.2) is 4.98 Å². The Morgan fingerprint density at radius 3 is 2.48 bits per heavy atom. The molecule has 2 N–H and O–H groups in total. The molecule has 0 radical (unpaired) electrons. The van der Waals surface area contributed by atoms with E-state index in [4.69, 9.17) is 9.15 Å². The molecular weight excluding hydrogens is 320 g/mol. The first-order valence-electron chi connectivity index (χ1n) is 8.11. The van der Waals surface area contributed by atoms with Crippen molar-refractivity contribution in [3.63, 3.8) is 0 Å². The number of ether oxygens (including phenoxy) is 1. The molecule has 6 heteroatoms. The summed E-state index contributed by atoms with van der Waals surface area (Å²) in [7, 11) is 1.57. The van der Waals surface area contributed by atoms with E-state index >= 15 is 0 Å². The second-order valence-electron chi connectivity index (χ2n) is 6.39. The minimum atomic E-state index is 0.0961. The highest BCUT2D eigenvalue weighted by Crippen LogP contribution is 2.57. The quantitative estimate of drug-likeness (QED) is 0.713. The maximum atomic E-state index is 10.7. The molecule has 2 aromatic heterocycles. The average Bonchev–Trinajstić information content (AvgIpc) is 3.39. The molecule has 0 fully saturated rings. The standard InChI is InChI=1S/C19H16N2O4/c1-24-14-7-12(4-5-13(14)15-8-20-9-25-15)21-18(22)16-10-2-3-11(6-10)17(16)19(21)23/h2-5,7-11,22-23H,6H2,1H3. The first-order chi connectivity index (χ1) is 12.2. The molecule has 3 aromatic rings. The third-order valence-electron chi connectivity index (χ3n) is 5.16. The minimum absolute atomic E-state index is 0.0961. The number of methoxy groups -OCH3 is 1. The van der Waals surface area contributed by atoms with Crippen LogP contribution in [0.25, 0.3) is 17.0 Å². The van der Waals surface area contributed by atoms with Gasteiger partial charge in [-0.2, -0.15) is 0 Å². The molecule has 2 unspecified atom stereocenters. The molecule has 5 rings (SSSR count). The van der Waals surface area contributed by atoms with E-state index in [-0.39, 0.29) is 23.6 Å². The van der Waals surface area contributed by atoms with Crippen molar-refractivity contribution in [2.24, 2.45) is 0 Å². The molecule has 0 spiro atoms. The van der Waals surface area contributed by atoms with Crippen LogP contribution in [0, 0.1) is 0 Å². The summed E-state index contributed by atoms with van der Waals surface area (Å²) >= 11 is 0. The Morgan fingerprint density at radius 2 is 1.88 bits per heavy atom. The number of aromatic nitrogens is 2. The molecule has 0 saturated carbocycles. The van der Waals surface area contributed by atoms with Gasteiger partial charge in [0.25, 0.3) is 0 Å². The van der Waals surface area contributed by atoms with Gasteiger partial charge in [-0.1, -0.05) is 12.2 Å². The largest absolute Gasteiger partial charge is 0.496 e. The minimum Gasteiger partial charge on any atom is -0.496 e. The average molecular weight is 336 g/mol. The van der Waals surface area contributed by atoms with E-state index in [1.54, 1.807) is 19.4 Å². The summed E-state index contributed by atoms with van der Waals surface area (Å²) in [5.41, 5.74) is 3.06. The van der Waals surface area contributed by atoms with Crippen LogP contribution in [0.3, 0.4) is 0 Å². The van der Waals surface area contributed by atoms with Crippen molar-refractivity contribution in [3.8, 4) is 34.5 Å². The van der Waals surface area contributed by atoms with Crippen LogP contribution in [0.5, 0.6) is 17.5 Å². The highest BCUT2D eigenvalue weighted by Gasteiger charge is 2.41. The number of nitrogens with zero attached hydrogens (tertiary/aromatic N) is 2. The number of hydrogen-bond donors (Lipinski definition) is 2. The van der Waals surface area contributed by atoms with Crippen LogP contribution in [0.15, 0.2) is 47.4 Å². The molecular formula is C19H16N2O4. The number of fused-ring (bicyclic) bond motifs is 5. The van der Waals surface area contributed by atoms with Crippen LogP contribution in [0.1, 0.15) is 29.4 Å². The van der Waals surface area contributed by atoms with Crippen molar-refractivity contribution < 1.29 is 19.4 Å². The maximum Gasteiger partial charge on any atom is 0.202 e. The summed E-state index contributed by atoms with van der Waals surface area (Å²) in [6.45, 7) is 0. The van der Waals surface area contributed by atoms with Gasteiger partial charge in [0.2, 0.25) is 11.8 Å². The molecule has 6 nitrogen and oxygen atoms in total. The maximum absolute atomic E-state index is 10.7. The van der Waals surface area contributed by atoms with Crippen LogP contribution < -0.4 is 4.74 Å². The summed E-state index contributed by atoms with van der Waals surface area (Å²) in [6, 6.07) is 5.40. The van der Waals surface area contributed by atoms with Crippen molar-refractivity contribution >= 4 is 0 Å². The second kappa shape index (κ2) is 4.92. The third-order valence-corrected chi connectivity index (χ3v) is 5.16. The summed E-state index contributed by atoms with van der Waals surface area (Å²) in [5.74, 6) is 1.72. The van der Waals surface area contributed by atoms with Gasteiger partial charge in [-0.15, -0.1) is 0 Å². The van der Waals surface area contributed by atoms with Crippen molar-refractivity contribution in [1.82, 2.24) is 9.55 Å². The van der Waals surface area contributed by atoms with E-state index in [0.717, 1.165) is 23.1 Å². The van der Waals surface area contributed by atoms with Gasteiger partial charge in [0, 0.05) is 29.0 Å². The van der Waals surface area contributed by atoms with Crippen LogP contribution in [-0.2, 0) is 0 Å². The second-order valence-corrected chi connectivity index (χ2v) is 6.39. The molecule has 25 heavy (non-hydrogen) atoms. The summed E-state index contributed by atoms with van der Waals surface area (Å²) in [5, 5.41) is 21.4. The van der Waals surface area contributed by atoms with Gasteiger partial charge >= 0.3 is 0 Å². The highest BCUT2D eigenvalue weighted by molar-refractivity contribution is 5.69. The lowest BCUT2D eigenvalue weighted by molar-refractivity contribution is 0.393. The Bertz CT molecular complexity index is 966. The van der Waals surface area contributed by atoms with E-state index in [1.807, 2.05) is 12.1 Å². The zero-order valence-electron chi connectivity index (χ0n) is 13.5. The molecule has 2 heterocycles. The van der Waals surface area contributed by atoms with Crippen LogP contribution >= 0.6 is 0 Å². The summed E-state index contributed by atoms with van der Waals surface area (Å²) < 4.78 is 12.3. The third kappa shape index (κ3) is 1.82. The molecule has 1 aromatic carbocycles. The van der Waals surface area contributed by atoms with E-state index in [9.17, 15) is 10.2 Å². The molecule has 0 amide bonds. The predicted octanol–water partition coefficient (Wildman–Crippen LogP) is 3.69. The normalized spacial score (nSPS) is 20.2. The Kier molecular flexibility index (Phi) is 2.80. The fourth-order valence-corrected chi connectivity index (χ4v) is 4.06. The summed E-state index contributed by atoms with van der Waals surface area (Å²) in [4.78, 5) is 3.93. The topological polar surface area (TPSA) is 80.7 Å². The molecule has 0 saturated heterocycles. The number of rotatable bonds is 3. The van der Waals surface area contributed by atoms with Crippen molar-refractivity contribution in [1.29, 1.82) is 0 Å². The molecule has 2 aliphatic carbocycles. The molecule has 0 aliphatic heterocycles. The molecule has 126 valence electrons. The van der Waals surface area contributed by atoms with Crippen LogP contribution in [-0.4, -0.2) is 26.9 Å². The zero-order chi connectivity index (χ0) is 17.1. The fraction of sp³-hybridized carbons (Fsp3) is 0.211. The lowest BCUT2D eigenvalue weighted by atomic mass is 10.0. The van der Waals surface area contributed by atoms with Gasteiger partial charge in [-0.05, 0) is 18.6 Å². The van der Waals surface area contributed by atoms with Gasteiger partial charge in [0.05, 0.1) is 24.6 Å². The number of aromatic hydroxyl groups is 2. The van der Waals surface area contributed by atoms with Crippen molar-refractivity contribution in [2.45, 2.75) is 18.3 Å². The Balaban J connectivity index is 1.66. The number of hydrogen-bond acceptors (Lipinski definition) is 5. The zero-order valence-corrected chi connectivity index (χ0v) is 13.5. The smallest absolute Gasteiger partial charge is 0.202 e. The van der Waals surface area contributed by atoms with Crippen molar-refractivity contribution in [3.05, 3.63) is 54.1 Å². The first-order valence-corrected chi connectivity index (χ1v) is 8.11. The van der Waals surface area contributed by atoms with Gasteiger partial charge in [0.15, 0.2) is 12.2 Å². The van der Waals surface area contributed by atoms with Crippen LogP contribution in [0.2, 0.25) is 0 Å². The molecule has 2 aliphatic rings. The highest BCUT2D eigenvalue weighted by atomic mass is 16.5. The van der Waals surface area contributed by atoms with E-state index in [2.05, 4.69) is 17.1 Å². The van der Waals surface area contributed by atoms with Crippen molar-refractivity contribution in [2.75, 3.05) is 7.11 Å². The SMILES string of the molecule is COc1cc(-n2c(O)c3c(c2O)C2C=CC3C2)ccc1-c1cnco1. The Labute approximate surface area is 143 Å². The molecule has 2 bridgehead atoms. The fourth-order valence-electron chi connectivity index (χ4n) is 4.06. The number of allylic oxidation sites excluding steroid dienone is 2. The van der Waals surface area contributed by atoms with Crippen LogP contribution in [0.4, 0.5) is 0 Å². The lowest BCUT2D eigenvalue weighted by Crippen LogP contribution is -1.97. The van der Waals surface area contributed by atoms with Gasteiger partial charge in [0.1, 0.15) is 5.75 Å². The number of oxazole rings is 1. The van der Waals surface area contributed by atoms with E-state index in [1.165, 1.54) is 11.0 Å². The summed E-state index contributed by atoms with van der Waals surface area (Å²) in [6.07, 6.45) is 8.11. The predicted molar refractivity (Wildman–Crippen MR) is 90.4 cm³/mol. The molecule has 2 atom stereocenters. The Hall–Kier alpha value is -3.15. The van der Waals surface area contributed by atoms with Gasteiger partial charge in [-0.3, -0.25) is 4.57 Å². The van der Waals surface area contributed by atoms with Gasteiger partial charge < -0.3 is 19.4 Å². The van der Waals surface area contributed by atoms with E-state index < -0.39 is 0 Å². The Morgan fingerprint density at radius 1 is 1.16 bits per heavy atom. The number of benzene rings is 1.